The molecule has 0 bridgehead atoms. The number of aliphatic hydroxyl groups is 1. The average molecular weight is 536 g/mol. The van der Waals surface area contributed by atoms with Crippen LogP contribution in [0, 0.1) is 0 Å². The van der Waals surface area contributed by atoms with Crippen LogP contribution in [0.15, 0.2) is 83.3 Å². The largest absolute Gasteiger partial charge is 0.512 e. The summed E-state index contributed by atoms with van der Waals surface area (Å²) in [6.45, 7) is 3.96. The molecule has 2 aromatic carbocycles. The van der Waals surface area contributed by atoms with Crippen LogP contribution in [0.2, 0.25) is 0 Å². The van der Waals surface area contributed by atoms with Gasteiger partial charge in [-0.1, -0.05) is 74.9 Å². The van der Waals surface area contributed by atoms with E-state index in [-0.39, 0.29) is 17.8 Å². The van der Waals surface area contributed by atoms with Crippen molar-refractivity contribution in [2.24, 2.45) is 5.14 Å². The summed E-state index contributed by atoms with van der Waals surface area (Å²) in [6.07, 6.45) is 4.88. The van der Waals surface area contributed by atoms with Crippen molar-refractivity contribution in [1.29, 1.82) is 0 Å². The summed E-state index contributed by atoms with van der Waals surface area (Å²) in [5, 5.41) is 16.1. The number of nitrogens with zero attached hydrogens (tertiary/aromatic N) is 2. The van der Waals surface area contributed by atoms with Gasteiger partial charge in [0.25, 0.3) is 15.2 Å². The van der Waals surface area contributed by atoms with Crippen LogP contribution in [-0.4, -0.2) is 35.1 Å². The Morgan fingerprint density at radius 2 is 1.76 bits per heavy atom. The number of benzene rings is 2. The SMILES string of the molecule is CCCC1(CCc2ccccc2)CC(O)=C(C(CC)c2ccccc2-c2ccnc(S(N)(=O)=O)n2)C(=O)O1. The molecule has 0 saturated carbocycles. The second-order valence-corrected chi connectivity index (χ2v) is 11.1. The summed E-state index contributed by atoms with van der Waals surface area (Å²) in [7, 11) is -4.10. The number of aromatic nitrogens is 2. The minimum Gasteiger partial charge on any atom is -0.512 e. The van der Waals surface area contributed by atoms with Crippen molar-refractivity contribution in [2.45, 2.75) is 69.0 Å². The quantitative estimate of drug-likeness (QED) is 0.269. The molecule has 200 valence electrons. The maximum Gasteiger partial charge on any atom is 0.338 e. The van der Waals surface area contributed by atoms with Crippen molar-refractivity contribution in [1.82, 2.24) is 9.97 Å². The Kier molecular flexibility index (Phi) is 8.28. The van der Waals surface area contributed by atoms with Gasteiger partial charge in [0.1, 0.15) is 11.4 Å². The second-order valence-electron chi connectivity index (χ2n) is 9.66. The molecule has 0 saturated heterocycles. The summed E-state index contributed by atoms with van der Waals surface area (Å²) >= 11 is 0. The van der Waals surface area contributed by atoms with Crippen molar-refractivity contribution in [3.05, 3.63) is 89.3 Å². The number of sulfonamides is 1. The van der Waals surface area contributed by atoms with Gasteiger partial charge in [-0.3, -0.25) is 0 Å². The molecule has 38 heavy (non-hydrogen) atoms. The van der Waals surface area contributed by atoms with E-state index in [2.05, 4.69) is 9.97 Å². The second kappa shape index (κ2) is 11.4. The molecule has 2 unspecified atom stereocenters. The highest BCUT2D eigenvalue weighted by Gasteiger charge is 2.43. The third kappa shape index (κ3) is 5.95. The van der Waals surface area contributed by atoms with E-state index in [1.54, 1.807) is 18.2 Å². The number of carbonyl (C=O) groups is 1. The minimum atomic E-state index is -4.10. The van der Waals surface area contributed by atoms with Gasteiger partial charge in [0.15, 0.2) is 0 Å². The molecule has 3 aromatic rings. The molecule has 0 fully saturated rings. The number of hydrogen-bond donors (Lipinski definition) is 2. The van der Waals surface area contributed by atoms with Crippen molar-refractivity contribution < 1.29 is 23.1 Å². The molecular weight excluding hydrogens is 502 g/mol. The van der Waals surface area contributed by atoms with Gasteiger partial charge in [0.2, 0.25) is 0 Å². The van der Waals surface area contributed by atoms with Crippen LogP contribution in [0.1, 0.15) is 63.0 Å². The van der Waals surface area contributed by atoms with Crippen molar-refractivity contribution in [3.8, 4) is 11.3 Å². The van der Waals surface area contributed by atoms with Gasteiger partial charge in [0.05, 0.1) is 11.3 Å². The van der Waals surface area contributed by atoms with E-state index in [1.165, 1.54) is 6.20 Å². The molecule has 1 aromatic heterocycles. The number of nitrogens with two attached hydrogens (primary N) is 1. The smallest absolute Gasteiger partial charge is 0.338 e. The van der Waals surface area contributed by atoms with Crippen LogP contribution >= 0.6 is 0 Å². The maximum absolute atomic E-state index is 13.6. The van der Waals surface area contributed by atoms with Crippen molar-refractivity contribution in [3.63, 3.8) is 0 Å². The summed E-state index contributed by atoms with van der Waals surface area (Å²) in [6, 6.07) is 18.9. The van der Waals surface area contributed by atoms with Gasteiger partial charge in [-0.2, -0.15) is 0 Å². The monoisotopic (exact) mass is 535 g/mol. The summed E-state index contributed by atoms with van der Waals surface area (Å²) < 4.78 is 29.8. The molecule has 8 nitrogen and oxygen atoms in total. The van der Waals surface area contributed by atoms with E-state index in [4.69, 9.17) is 9.88 Å². The first-order valence-corrected chi connectivity index (χ1v) is 14.4. The Morgan fingerprint density at radius 1 is 1.05 bits per heavy atom. The highest BCUT2D eigenvalue weighted by atomic mass is 32.2. The van der Waals surface area contributed by atoms with Gasteiger partial charge in [0, 0.05) is 24.1 Å². The number of cyclic esters (lactones) is 1. The summed E-state index contributed by atoms with van der Waals surface area (Å²) in [4.78, 5) is 21.5. The fourth-order valence-electron chi connectivity index (χ4n) is 5.27. The third-order valence-corrected chi connectivity index (χ3v) is 7.71. The Morgan fingerprint density at radius 3 is 2.42 bits per heavy atom. The first kappa shape index (κ1) is 27.5. The number of ether oxygens (including phenoxy) is 1. The normalized spacial score (nSPS) is 18.8. The van der Waals surface area contributed by atoms with Crippen molar-refractivity contribution in [2.75, 3.05) is 0 Å². The Balaban J connectivity index is 1.70. The van der Waals surface area contributed by atoms with Crippen LogP contribution in [0.3, 0.4) is 0 Å². The van der Waals surface area contributed by atoms with E-state index >= 15 is 0 Å². The molecule has 0 spiro atoms. The van der Waals surface area contributed by atoms with E-state index < -0.39 is 32.7 Å². The topological polar surface area (TPSA) is 132 Å². The number of rotatable bonds is 10. The Bertz CT molecular complexity index is 1440. The number of aryl methyl sites for hydroxylation is 1. The van der Waals surface area contributed by atoms with E-state index in [9.17, 15) is 18.3 Å². The number of aliphatic hydroxyl groups excluding tert-OH is 1. The average Bonchev–Trinajstić information content (AvgIpc) is 2.90. The Labute approximate surface area is 223 Å². The highest BCUT2D eigenvalue weighted by molar-refractivity contribution is 7.89. The minimum absolute atomic E-state index is 0.0392. The lowest BCUT2D eigenvalue weighted by molar-refractivity contribution is -0.161. The van der Waals surface area contributed by atoms with Gasteiger partial charge >= 0.3 is 5.97 Å². The first-order valence-electron chi connectivity index (χ1n) is 12.8. The maximum atomic E-state index is 13.6. The van der Waals surface area contributed by atoms with Crippen LogP contribution in [0.25, 0.3) is 11.3 Å². The number of hydrogen-bond acceptors (Lipinski definition) is 7. The standard InChI is InChI=1S/C29H33N3O5S/c1-3-16-29(17-14-20-10-6-5-7-11-20)19-25(33)26(27(34)37-29)21(4-2)22-12-8-9-13-23(22)24-15-18-31-28(32-24)38(30,35)36/h5-13,15,18,21,33H,3-4,14,16-17,19H2,1-2H3,(H2,30,35,36). The summed E-state index contributed by atoms with van der Waals surface area (Å²) in [5.41, 5.74) is 2.30. The molecule has 4 rings (SSSR count). The molecule has 9 heteroatoms. The molecule has 1 aliphatic heterocycles. The van der Waals surface area contributed by atoms with Gasteiger partial charge in [-0.15, -0.1) is 0 Å². The number of esters is 1. The zero-order valence-electron chi connectivity index (χ0n) is 21.6. The van der Waals surface area contributed by atoms with Gasteiger partial charge in [-0.05, 0) is 42.9 Å². The molecule has 3 N–H and O–H groups in total. The van der Waals surface area contributed by atoms with Crippen LogP contribution in [0.4, 0.5) is 0 Å². The molecular formula is C29H33N3O5S. The number of carbonyl (C=O) groups excluding carboxylic acids is 1. The lowest BCUT2D eigenvalue weighted by atomic mass is 9.79. The lowest BCUT2D eigenvalue weighted by Crippen LogP contribution is -2.41. The summed E-state index contributed by atoms with van der Waals surface area (Å²) in [5.74, 6) is -0.970. The van der Waals surface area contributed by atoms with Crippen LogP contribution in [0.5, 0.6) is 0 Å². The molecule has 0 aliphatic carbocycles. The van der Waals surface area contributed by atoms with Gasteiger partial charge in [-0.25, -0.2) is 28.3 Å². The number of primary sulfonamides is 1. The zero-order chi connectivity index (χ0) is 27.3. The first-order chi connectivity index (χ1) is 18.2. The molecule has 2 atom stereocenters. The highest BCUT2D eigenvalue weighted by Crippen LogP contribution is 2.43. The van der Waals surface area contributed by atoms with E-state index in [0.29, 0.717) is 30.5 Å². The van der Waals surface area contributed by atoms with E-state index in [1.807, 2.05) is 56.3 Å². The lowest BCUT2D eigenvalue weighted by Gasteiger charge is -2.39. The fraction of sp³-hybridized carbons (Fsp3) is 0.345. The Hall–Kier alpha value is -3.56. The zero-order valence-corrected chi connectivity index (χ0v) is 22.4. The van der Waals surface area contributed by atoms with Gasteiger partial charge < -0.3 is 9.84 Å². The third-order valence-electron chi connectivity index (χ3n) is 7.00. The van der Waals surface area contributed by atoms with Crippen molar-refractivity contribution >= 4 is 16.0 Å². The predicted molar refractivity (Wildman–Crippen MR) is 145 cm³/mol. The molecule has 2 heterocycles. The fourth-order valence-corrected chi connectivity index (χ4v) is 5.70. The molecule has 0 radical (unpaired) electrons. The van der Waals surface area contributed by atoms with Crippen LogP contribution < -0.4 is 5.14 Å². The predicted octanol–water partition coefficient (Wildman–Crippen LogP) is 5.22. The molecule has 1 aliphatic rings. The van der Waals surface area contributed by atoms with Crippen LogP contribution in [-0.2, 0) is 26.0 Å². The van der Waals surface area contributed by atoms with E-state index in [0.717, 1.165) is 24.0 Å². The molecule has 0 amide bonds.